The van der Waals surface area contributed by atoms with E-state index in [2.05, 4.69) is 25.9 Å². The molecular formula is C10H13N5O3. The average Bonchev–Trinajstić information content (AvgIpc) is 2.39. The Kier molecular flexibility index (Phi) is 5.81. The fourth-order valence-electron chi connectivity index (χ4n) is 1.05. The van der Waals surface area contributed by atoms with Gasteiger partial charge in [0.15, 0.2) is 0 Å². The van der Waals surface area contributed by atoms with Gasteiger partial charge in [-0.1, -0.05) is 0 Å². The molecule has 0 radical (unpaired) electrons. The Hall–Kier alpha value is -2.51. The van der Waals surface area contributed by atoms with E-state index in [-0.39, 0.29) is 5.95 Å². The van der Waals surface area contributed by atoms with Gasteiger partial charge in [-0.05, 0) is 12.5 Å². The van der Waals surface area contributed by atoms with E-state index in [1.54, 1.807) is 6.07 Å². The van der Waals surface area contributed by atoms with Crippen molar-refractivity contribution in [1.29, 1.82) is 0 Å². The molecule has 0 atom stereocenters. The molecule has 0 saturated heterocycles. The maximum atomic E-state index is 11.4. The lowest BCUT2D eigenvalue weighted by Crippen LogP contribution is -2.37. The van der Waals surface area contributed by atoms with Crippen LogP contribution in [0.15, 0.2) is 18.5 Å². The van der Waals surface area contributed by atoms with Crippen LogP contribution >= 0.6 is 0 Å². The number of aromatic nitrogens is 2. The van der Waals surface area contributed by atoms with Gasteiger partial charge in [0.25, 0.3) is 0 Å². The first-order valence-corrected chi connectivity index (χ1v) is 5.27. The van der Waals surface area contributed by atoms with E-state index in [4.69, 9.17) is 0 Å². The van der Waals surface area contributed by atoms with Crippen molar-refractivity contribution in [1.82, 2.24) is 20.6 Å². The summed E-state index contributed by atoms with van der Waals surface area (Å²) in [6, 6.07) is 1.59. The third-order valence-corrected chi connectivity index (χ3v) is 1.86. The largest absolute Gasteiger partial charge is 0.359 e. The molecule has 1 heterocycles. The predicted molar refractivity (Wildman–Crippen MR) is 62.4 cm³/mol. The van der Waals surface area contributed by atoms with Crippen LogP contribution < -0.4 is 16.0 Å². The van der Waals surface area contributed by atoms with E-state index < -0.39 is 11.8 Å². The second-order valence-corrected chi connectivity index (χ2v) is 3.21. The Morgan fingerprint density at radius 3 is 2.56 bits per heavy atom. The Labute approximate surface area is 103 Å². The zero-order valence-corrected chi connectivity index (χ0v) is 9.55. The molecular weight excluding hydrogens is 238 g/mol. The van der Waals surface area contributed by atoms with Crippen LogP contribution in [-0.2, 0) is 14.4 Å². The number of rotatable bonds is 6. The molecule has 0 aromatic carbocycles. The van der Waals surface area contributed by atoms with Gasteiger partial charge in [-0.25, -0.2) is 9.97 Å². The molecule has 0 spiro atoms. The maximum Gasteiger partial charge on any atom is 0.316 e. The number of amides is 3. The minimum absolute atomic E-state index is 0.0697. The molecule has 3 amide bonds. The van der Waals surface area contributed by atoms with Crippen LogP contribution in [0.25, 0.3) is 0 Å². The zero-order valence-electron chi connectivity index (χ0n) is 9.55. The van der Waals surface area contributed by atoms with Gasteiger partial charge in [0.1, 0.15) is 0 Å². The molecule has 96 valence electrons. The van der Waals surface area contributed by atoms with Crippen molar-refractivity contribution >= 4 is 24.2 Å². The molecule has 8 heteroatoms. The molecule has 0 aliphatic heterocycles. The van der Waals surface area contributed by atoms with E-state index in [1.165, 1.54) is 12.4 Å². The van der Waals surface area contributed by atoms with Gasteiger partial charge in [-0.15, -0.1) is 0 Å². The number of hydrogen-bond donors (Lipinski definition) is 3. The summed E-state index contributed by atoms with van der Waals surface area (Å²) < 4.78 is 0. The van der Waals surface area contributed by atoms with Crippen LogP contribution in [0.4, 0.5) is 5.95 Å². The summed E-state index contributed by atoms with van der Waals surface area (Å²) in [5.41, 5.74) is 0. The third-order valence-electron chi connectivity index (χ3n) is 1.86. The molecule has 18 heavy (non-hydrogen) atoms. The first-order chi connectivity index (χ1) is 8.74. The van der Waals surface area contributed by atoms with Crippen LogP contribution in [-0.4, -0.2) is 41.3 Å². The van der Waals surface area contributed by atoms with Crippen LogP contribution in [0.3, 0.4) is 0 Å². The lowest BCUT2D eigenvalue weighted by molar-refractivity contribution is -0.136. The highest BCUT2D eigenvalue weighted by molar-refractivity contribution is 6.39. The Morgan fingerprint density at radius 1 is 1.17 bits per heavy atom. The molecule has 8 nitrogen and oxygen atoms in total. The highest BCUT2D eigenvalue weighted by atomic mass is 16.2. The molecule has 0 aliphatic rings. The smallest absolute Gasteiger partial charge is 0.316 e. The predicted octanol–water partition coefficient (Wildman–Crippen LogP) is -1.33. The van der Waals surface area contributed by atoms with Crippen LogP contribution in [0.5, 0.6) is 0 Å². The summed E-state index contributed by atoms with van der Waals surface area (Å²) in [7, 11) is 0. The van der Waals surface area contributed by atoms with Gasteiger partial charge in [-0.2, -0.15) is 0 Å². The van der Waals surface area contributed by atoms with Crippen LogP contribution in [0.1, 0.15) is 6.42 Å². The van der Waals surface area contributed by atoms with E-state index in [0.29, 0.717) is 25.9 Å². The Morgan fingerprint density at radius 2 is 1.89 bits per heavy atom. The van der Waals surface area contributed by atoms with Crippen molar-refractivity contribution in [3.05, 3.63) is 18.5 Å². The summed E-state index contributed by atoms with van der Waals surface area (Å²) in [5, 5.41) is 7.09. The topological polar surface area (TPSA) is 113 Å². The van der Waals surface area contributed by atoms with Crippen molar-refractivity contribution in [2.24, 2.45) is 0 Å². The quantitative estimate of drug-likeness (QED) is 0.329. The number of carbonyl (C=O) groups is 3. The molecule has 0 aliphatic carbocycles. The monoisotopic (exact) mass is 251 g/mol. The molecule has 1 rings (SSSR count). The van der Waals surface area contributed by atoms with Gasteiger partial charge >= 0.3 is 11.8 Å². The number of nitrogens with one attached hydrogen (secondary N) is 3. The standard InChI is InChI=1S/C10H13N5O3/c16-7-11-3-1-4-12-8(17)9(18)15-10-13-5-2-6-14-10/h2,5-7H,1,3-4H2,(H,11,16)(H,12,17)(H,13,14,15,18). The molecule has 0 bridgehead atoms. The van der Waals surface area contributed by atoms with Gasteiger partial charge in [0.05, 0.1) is 0 Å². The van der Waals surface area contributed by atoms with E-state index >= 15 is 0 Å². The van der Waals surface area contributed by atoms with Crippen molar-refractivity contribution in [2.75, 3.05) is 18.4 Å². The number of nitrogens with zero attached hydrogens (tertiary/aromatic N) is 2. The molecule has 0 fully saturated rings. The number of anilines is 1. The number of carbonyl (C=O) groups excluding carboxylic acids is 3. The fourth-order valence-corrected chi connectivity index (χ4v) is 1.05. The second-order valence-electron chi connectivity index (χ2n) is 3.21. The normalized spacial score (nSPS) is 9.33. The molecule has 1 aromatic rings. The van der Waals surface area contributed by atoms with Crippen LogP contribution in [0, 0.1) is 0 Å². The summed E-state index contributed by atoms with van der Waals surface area (Å²) in [4.78, 5) is 40.1. The molecule has 0 saturated carbocycles. The van der Waals surface area contributed by atoms with Crippen molar-refractivity contribution in [3.8, 4) is 0 Å². The van der Waals surface area contributed by atoms with Gasteiger partial charge in [0.2, 0.25) is 12.4 Å². The molecule has 0 unspecified atom stereocenters. The minimum atomic E-state index is -0.829. The zero-order chi connectivity index (χ0) is 13.2. The lowest BCUT2D eigenvalue weighted by atomic mass is 10.4. The summed E-state index contributed by atoms with van der Waals surface area (Å²) in [6.45, 7) is 0.732. The summed E-state index contributed by atoms with van der Waals surface area (Å²) >= 11 is 0. The van der Waals surface area contributed by atoms with Gasteiger partial charge < -0.3 is 10.6 Å². The van der Waals surface area contributed by atoms with Crippen LogP contribution in [0.2, 0.25) is 0 Å². The Bertz CT molecular complexity index is 409. The molecule has 1 aromatic heterocycles. The first kappa shape index (κ1) is 13.6. The molecule has 3 N–H and O–H groups in total. The minimum Gasteiger partial charge on any atom is -0.359 e. The third kappa shape index (κ3) is 5.01. The van der Waals surface area contributed by atoms with Gasteiger partial charge in [0, 0.05) is 25.5 Å². The SMILES string of the molecule is O=CNCCCNC(=O)C(=O)Nc1ncccn1. The maximum absolute atomic E-state index is 11.4. The van der Waals surface area contributed by atoms with Crippen molar-refractivity contribution in [2.45, 2.75) is 6.42 Å². The van der Waals surface area contributed by atoms with E-state index in [0.717, 1.165) is 0 Å². The Balaban J connectivity index is 2.25. The summed E-state index contributed by atoms with van der Waals surface area (Å²) in [6.07, 6.45) is 4.01. The van der Waals surface area contributed by atoms with Gasteiger partial charge in [-0.3, -0.25) is 19.7 Å². The van der Waals surface area contributed by atoms with Crippen molar-refractivity contribution in [3.63, 3.8) is 0 Å². The average molecular weight is 251 g/mol. The number of hydrogen-bond acceptors (Lipinski definition) is 5. The second kappa shape index (κ2) is 7.71. The highest BCUT2D eigenvalue weighted by Crippen LogP contribution is 1.93. The summed E-state index contributed by atoms with van der Waals surface area (Å²) in [5.74, 6) is -1.53. The fraction of sp³-hybridized carbons (Fsp3) is 0.300. The van der Waals surface area contributed by atoms with E-state index in [9.17, 15) is 14.4 Å². The highest BCUT2D eigenvalue weighted by Gasteiger charge is 2.13. The van der Waals surface area contributed by atoms with Crippen molar-refractivity contribution < 1.29 is 14.4 Å². The first-order valence-electron chi connectivity index (χ1n) is 5.27. The lowest BCUT2D eigenvalue weighted by Gasteiger charge is -2.04. The van der Waals surface area contributed by atoms with E-state index in [1.807, 2.05) is 0 Å².